The van der Waals surface area contributed by atoms with E-state index in [4.69, 9.17) is 11.6 Å². The summed E-state index contributed by atoms with van der Waals surface area (Å²) in [6.07, 6.45) is 2.43. The van der Waals surface area contributed by atoms with Gasteiger partial charge < -0.3 is 4.90 Å². The van der Waals surface area contributed by atoms with Gasteiger partial charge in [-0.05, 0) is 18.6 Å². The standard InChI is InChI=1S/C15H18ClN3O/c1-4-8-19-14(13(16)10-17-19)15(20)11-6-5-7-12(9-11)18(2)3/h5-7,9-10H,4,8H2,1-3H3. The van der Waals surface area contributed by atoms with E-state index >= 15 is 0 Å². The second-order valence-electron chi connectivity index (χ2n) is 4.84. The van der Waals surface area contributed by atoms with Crippen molar-refractivity contribution in [3.05, 3.63) is 46.7 Å². The molecule has 5 heteroatoms. The van der Waals surface area contributed by atoms with Gasteiger partial charge in [0.05, 0.1) is 11.2 Å². The number of aryl methyl sites for hydroxylation is 1. The SMILES string of the molecule is CCCn1ncc(Cl)c1C(=O)c1cccc(N(C)C)c1. The van der Waals surface area contributed by atoms with E-state index in [1.54, 1.807) is 10.7 Å². The Labute approximate surface area is 124 Å². The van der Waals surface area contributed by atoms with Crippen molar-refractivity contribution in [1.29, 1.82) is 0 Å². The molecule has 0 bridgehead atoms. The van der Waals surface area contributed by atoms with E-state index < -0.39 is 0 Å². The summed E-state index contributed by atoms with van der Waals surface area (Å²) in [5.74, 6) is -0.0929. The van der Waals surface area contributed by atoms with Crippen molar-refractivity contribution in [3.63, 3.8) is 0 Å². The van der Waals surface area contributed by atoms with Gasteiger partial charge in [0, 0.05) is 31.9 Å². The minimum atomic E-state index is -0.0929. The van der Waals surface area contributed by atoms with Gasteiger partial charge in [0.2, 0.25) is 5.78 Å². The van der Waals surface area contributed by atoms with Gasteiger partial charge in [-0.1, -0.05) is 30.7 Å². The van der Waals surface area contributed by atoms with E-state index in [1.165, 1.54) is 6.20 Å². The molecule has 0 aliphatic carbocycles. The lowest BCUT2D eigenvalue weighted by Crippen LogP contribution is -2.13. The van der Waals surface area contributed by atoms with Crippen molar-refractivity contribution >= 4 is 23.1 Å². The lowest BCUT2D eigenvalue weighted by molar-refractivity contribution is 0.102. The van der Waals surface area contributed by atoms with E-state index in [0.717, 1.165) is 12.1 Å². The average molecular weight is 292 g/mol. The molecule has 0 aliphatic heterocycles. The molecule has 2 aromatic rings. The molecule has 0 saturated heterocycles. The van der Waals surface area contributed by atoms with Crippen LogP contribution in [0.25, 0.3) is 0 Å². The highest BCUT2D eigenvalue weighted by atomic mass is 35.5. The van der Waals surface area contributed by atoms with Gasteiger partial charge in [-0.25, -0.2) is 0 Å². The lowest BCUT2D eigenvalue weighted by Gasteiger charge is -2.13. The first-order valence-corrected chi connectivity index (χ1v) is 6.95. The Hall–Kier alpha value is -1.81. The maximum atomic E-state index is 12.6. The third-order valence-corrected chi connectivity index (χ3v) is 3.35. The van der Waals surface area contributed by atoms with Gasteiger partial charge in [0.15, 0.2) is 0 Å². The summed E-state index contributed by atoms with van der Waals surface area (Å²) < 4.78 is 1.67. The summed E-state index contributed by atoms with van der Waals surface area (Å²) in [4.78, 5) is 14.6. The van der Waals surface area contributed by atoms with Crippen LogP contribution >= 0.6 is 11.6 Å². The number of carbonyl (C=O) groups is 1. The number of ketones is 1. The molecule has 0 spiro atoms. The Balaban J connectivity index is 2.41. The van der Waals surface area contributed by atoms with E-state index in [0.29, 0.717) is 22.8 Å². The Morgan fingerprint density at radius 1 is 1.40 bits per heavy atom. The molecule has 0 fully saturated rings. The van der Waals surface area contributed by atoms with Crippen molar-refractivity contribution in [1.82, 2.24) is 9.78 Å². The van der Waals surface area contributed by atoms with Crippen LogP contribution in [0.5, 0.6) is 0 Å². The van der Waals surface area contributed by atoms with Crippen LogP contribution in [0, 0.1) is 0 Å². The van der Waals surface area contributed by atoms with Crippen LogP contribution in [0.15, 0.2) is 30.5 Å². The third kappa shape index (κ3) is 2.85. The van der Waals surface area contributed by atoms with Gasteiger partial charge in [0.25, 0.3) is 0 Å². The number of nitrogens with zero attached hydrogens (tertiary/aromatic N) is 3. The molecule has 0 amide bonds. The van der Waals surface area contributed by atoms with Crippen LogP contribution < -0.4 is 4.90 Å². The van der Waals surface area contributed by atoms with Crippen molar-refractivity contribution in [3.8, 4) is 0 Å². The molecule has 4 nitrogen and oxygen atoms in total. The molecule has 20 heavy (non-hydrogen) atoms. The summed E-state index contributed by atoms with van der Waals surface area (Å²) in [5, 5.41) is 4.56. The number of hydrogen-bond donors (Lipinski definition) is 0. The van der Waals surface area contributed by atoms with E-state index in [-0.39, 0.29) is 5.78 Å². The average Bonchev–Trinajstić information content (AvgIpc) is 2.79. The molecule has 1 aromatic heterocycles. The summed E-state index contributed by atoms with van der Waals surface area (Å²) in [5.41, 5.74) is 2.06. The molecule has 2 rings (SSSR count). The first-order valence-electron chi connectivity index (χ1n) is 6.58. The first kappa shape index (κ1) is 14.6. The second kappa shape index (κ2) is 6.09. The maximum Gasteiger partial charge on any atom is 0.212 e. The molecule has 0 radical (unpaired) electrons. The van der Waals surface area contributed by atoms with Gasteiger partial charge in [-0.15, -0.1) is 0 Å². The molecule has 0 aliphatic rings. The van der Waals surface area contributed by atoms with Crippen LogP contribution in [0.3, 0.4) is 0 Å². The Morgan fingerprint density at radius 2 is 2.15 bits per heavy atom. The number of rotatable bonds is 5. The van der Waals surface area contributed by atoms with Crippen LogP contribution in [0.1, 0.15) is 29.4 Å². The third-order valence-electron chi connectivity index (χ3n) is 3.07. The highest BCUT2D eigenvalue weighted by Gasteiger charge is 2.19. The van der Waals surface area contributed by atoms with E-state index in [1.807, 2.05) is 44.1 Å². The summed E-state index contributed by atoms with van der Waals surface area (Å²) in [6.45, 7) is 2.72. The Morgan fingerprint density at radius 3 is 2.80 bits per heavy atom. The van der Waals surface area contributed by atoms with Crippen LogP contribution in [0.4, 0.5) is 5.69 Å². The molecule has 1 heterocycles. The number of benzene rings is 1. The highest BCUT2D eigenvalue weighted by Crippen LogP contribution is 2.22. The van der Waals surface area contributed by atoms with Crippen LogP contribution in [-0.4, -0.2) is 29.7 Å². The predicted octanol–water partition coefficient (Wildman–Crippen LogP) is 3.24. The molecule has 0 saturated carbocycles. The molecular formula is C15H18ClN3O. The van der Waals surface area contributed by atoms with Gasteiger partial charge in [0.1, 0.15) is 5.69 Å². The first-order chi connectivity index (χ1) is 9.54. The lowest BCUT2D eigenvalue weighted by atomic mass is 10.1. The zero-order valence-corrected chi connectivity index (χ0v) is 12.7. The second-order valence-corrected chi connectivity index (χ2v) is 5.25. The smallest absolute Gasteiger partial charge is 0.212 e. The highest BCUT2D eigenvalue weighted by molar-refractivity contribution is 6.34. The van der Waals surface area contributed by atoms with Crippen LogP contribution in [-0.2, 0) is 6.54 Å². The largest absolute Gasteiger partial charge is 0.378 e. The minimum Gasteiger partial charge on any atom is -0.378 e. The van der Waals surface area contributed by atoms with Crippen molar-refractivity contribution in [2.45, 2.75) is 19.9 Å². The van der Waals surface area contributed by atoms with Crippen molar-refractivity contribution in [2.75, 3.05) is 19.0 Å². The number of aromatic nitrogens is 2. The minimum absolute atomic E-state index is 0.0929. The van der Waals surface area contributed by atoms with E-state index in [2.05, 4.69) is 5.10 Å². The number of carbonyl (C=O) groups excluding carboxylic acids is 1. The quantitative estimate of drug-likeness (QED) is 0.794. The van der Waals surface area contributed by atoms with Crippen molar-refractivity contribution < 1.29 is 4.79 Å². The molecule has 106 valence electrons. The van der Waals surface area contributed by atoms with Gasteiger partial charge >= 0.3 is 0 Å². The predicted molar refractivity (Wildman–Crippen MR) is 81.7 cm³/mol. The molecule has 0 unspecified atom stereocenters. The summed E-state index contributed by atoms with van der Waals surface area (Å²) in [7, 11) is 3.88. The van der Waals surface area contributed by atoms with E-state index in [9.17, 15) is 4.79 Å². The topological polar surface area (TPSA) is 38.1 Å². The number of hydrogen-bond acceptors (Lipinski definition) is 3. The van der Waals surface area contributed by atoms with Gasteiger partial charge in [-0.3, -0.25) is 9.48 Å². The fraction of sp³-hybridized carbons (Fsp3) is 0.333. The monoisotopic (exact) mass is 291 g/mol. The normalized spacial score (nSPS) is 10.6. The fourth-order valence-corrected chi connectivity index (χ4v) is 2.26. The van der Waals surface area contributed by atoms with Crippen molar-refractivity contribution in [2.24, 2.45) is 0 Å². The fourth-order valence-electron chi connectivity index (χ4n) is 2.03. The zero-order chi connectivity index (χ0) is 14.7. The summed E-state index contributed by atoms with van der Waals surface area (Å²) >= 11 is 6.11. The molecule has 0 atom stereocenters. The maximum absolute atomic E-state index is 12.6. The Bertz CT molecular complexity index is 619. The molecular weight excluding hydrogens is 274 g/mol. The number of halogens is 1. The number of anilines is 1. The summed E-state index contributed by atoms with van der Waals surface area (Å²) in [6, 6.07) is 7.50. The Kier molecular flexibility index (Phi) is 4.45. The molecule has 1 aromatic carbocycles. The van der Waals surface area contributed by atoms with Gasteiger partial charge in [-0.2, -0.15) is 5.10 Å². The zero-order valence-electron chi connectivity index (χ0n) is 11.9. The van der Waals surface area contributed by atoms with Crippen LogP contribution in [0.2, 0.25) is 5.02 Å². The molecule has 0 N–H and O–H groups in total.